The van der Waals surface area contributed by atoms with Crippen molar-refractivity contribution in [2.24, 2.45) is 0 Å². The van der Waals surface area contributed by atoms with E-state index in [9.17, 15) is 0 Å². The lowest BCUT2D eigenvalue weighted by atomic mass is 10.2. The van der Waals surface area contributed by atoms with Gasteiger partial charge in [-0.3, -0.25) is 4.90 Å². The molecule has 1 heterocycles. The van der Waals surface area contributed by atoms with Crippen LogP contribution in [-0.4, -0.2) is 62.3 Å². The van der Waals surface area contributed by atoms with Gasteiger partial charge in [-0.1, -0.05) is 0 Å². The van der Waals surface area contributed by atoms with Gasteiger partial charge < -0.3 is 9.64 Å². The number of piperazine rings is 1. The van der Waals surface area contributed by atoms with Crippen LogP contribution in [0, 0.1) is 11.3 Å². The van der Waals surface area contributed by atoms with E-state index in [-0.39, 0.29) is 6.04 Å². The Balaban J connectivity index is 2.16. The molecule has 0 N–H and O–H groups in total. The van der Waals surface area contributed by atoms with Crippen LogP contribution in [0.2, 0.25) is 0 Å². The molecule has 1 aliphatic heterocycles. The monoisotopic (exact) mass is 211 g/mol. The fourth-order valence-electron chi connectivity index (χ4n) is 1.89. The summed E-state index contributed by atoms with van der Waals surface area (Å²) in [5.41, 5.74) is 0. The van der Waals surface area contributed by atoms with Crippen LogP contribution in [0.1, 0.15) is 13.3 Å². The lowest BCUT2D eigenvalue weighted by Gasteiger charge is -2.35. The molecule has 0 aromatic carbocycles. The molecule has 1 aliphatic rings. The van der Waals surface area contributed by atoms with Crippen molar-refractivity contribution in [2.75, 3.05) is 46.4 Å². The largest absolute Gasteiger partial charge is 0.385 e. The number of methoxy groups -OCH3 is 1. The summed E-state index contributed by atoms with van der Waals surface area (Å²) in [6.45, 7) is 8.12. The maximum absolute atomic E-state index is 8.80. The quantitative estimate of drug-likeness (QED) is 0.623. The van der Waals surface area contributed by atoms with Crippen molar-refractivity contribution in [3.05, 3.63) is 0 Å². The van der Waals surface area contributed by atoms with E-state index in [0.717, 1.165) is 45.8 Å². The summed E-state index contributed by atoms with van der Waals surface area (Å²) in [6, 6.07) is 2.35. The number of nitrogens with zero attached hydrogens (tertiary/aromatic N) is 3. The first-order valence-corrected chi connectivity index (χ1v) is 5.63. The van der Waals surface area contributed by atoms with Gasteiger partial charge in [0.15, 0.2) is 0 Å². The van der Waals surface area contributed by atoms with Crippen molar-refractivity contribution in [1.29, 1.82) is 5.26 Å². The van der Waals surface area contributed by atoms with E-state index >= 15 is 0 Å². The van der Waals surface area contributed by atoms with Crippen LogP contribution < -0.4 is 0 Å². The van der Waals surface area contributed by atoms with Crippen molar-refractivity contribution in [1.82, 2.24) is 9.80 Å². The zero-order chi connectivity index (χ0) is 11.1. The highest BCUT2D eigenvalue weighted by molar-refractivity contribution is 4.90. The van der Waals surface area contributed by atoms with Gasteiger partial charge in [0.25, 0.3) is 0 Å². The van der Waals surface area contributed by atoms with E-state index in [1.165, 1.54) is 0 Å². The van der Waals surface area contributed by atoms with Crippen molar-refractivity contribution in [3.63, 3.8) is 0 Å². The molecule has 0 amide bonds. The van der Waals surface area contributed by atoms with Crippen LogP contribution in [0.15, 0.2) is 0 Å². The van der Waals surface area contributed by atoms with E-state index in [1.54, 1.807) is 7.11 Å². The maximum Gasteiger partial charge on any atom is 0.0950 e. The van der Waals surface area contributed by atoms with Crippen LogP contribution >= 0.6 is 0 Å². The van der Waals surface area contributed by atoms with Crippen molar-refractivity contribution < 1.29 is 4.74 Å². The van der Waals surface area contributed by atoms with Gasteiger partial charge in [0.05, 0.1) is 12.1 Å². The Morgan fingerprint density at radius 1 is 1.33 bits per heavy atom. The van der Waals surface area contributed by atoms with Crippen molar-refractivity contribution >= 4 is 0 Å². The average Bonchev–Trinajstić information content (AvgIpc) is 2.29. The summed E-state index contributed by atoms with van der Waals surface area (Å²) in [6.07, 6.45) is 1.10. The Kier molecular flexibility index (Phi) is 5.62. The second-order valence-corrected chi connectivity index (χ2v) is 4.03. The molecule has 86 valence electrons. The third-order valence-corrected chi connectivity index (χ3v) is 2.96. The van der Waals surface area contributed by atoms with Gasteiger partial charge in [0.2, 0.25) is 0 Å². The topological polar surface area (TPSA) is 39.5 Å². The Morgan fingerprint density at radius 3 is 2.53 bits per heavy atom. The Labute approximate surface area is 92.4 Å². The van der Waals surface area contributed by atoms with Gasteiger partial charge in [0.1, 0.15) is 0 Å². The molecule has 0 aromatic rings. The molecule has 4 heteroatoms. The van der Waals surface area contributed by atoms with Crippen LogP contribution in [0.5, 0.6) is 0 Å². The normalized spacial score (nSPS) is 21.1. The van der Waals surface area contributed by atoms with Crippen molar-refractivity contribution in [3.8, 4) is 6.07 Å². The van der Waals surface area contributed by atoms with Crippen LogP contribution in [0.3, 0.4) is 0 Å². The van der Waals surface area contributed by atoms with Crippen LogP contribution in [0.4, 0.5) is 0 Å². The molecule has 0 radical (unpaired) electrons. The highest BCUT2D eigenvalue weighted by atomic mass is 16.5. The molecule has 4 nitrogen and oxygen atoms in total. The van der Waals surface area contributed by atoms with Crippen LogP contribution in [-0.2, 0) is 4.74 Å². The number of hydrogen-bond acceptors (Lipinski definition) is 4. The summed E-state index contributed by atoms with van der Waals surface area (Å²) >= 11 is 0. The SMILES string of the molecule is COCCCN1CCN(C(C)C#N)CC1. The molecule has 0 saturated carbocycles. The number of rotatable bonds is 5. The van der Waals surface area contributed by atoms with Gasteiger partial charge in [-0.05, 0) is 13.3 Å². The van der Waals surface area contributed by atoms with Crippen molar-refractivity contribution in [2.45, 2.75) is 19.4 Å². The smallest absolute Gasteiger partial charge is 0.0950 e. The molecule has 1 atom stereocenters. The number of hydrogen-bond donors (Lipinski definition) is 0. The van der Waals surface area contributed by atoms with Gasteiger partial charge in [-0.2, -0.15) is 5.26 Å². The lowest BCUT2D eigenvalue weighted by molar-refractivity contribution is 0.107. The zero-order valence-electron chi connectivity index (χ0n) is 9.78. The molecular weight excluding hydrogens is 190 g/mol. The molecule has 0 aliphatic carbocycles. The van der Waals surface area contributed by atoms with Gasteiger partial charge in [-0.15, -0.1) is 0 Å². The second kappa shape index (κ2) is 6.78. The number of ether oxygens (including phenoxy) is 1. The summed E-state index contributed by atoms with van der Waals surface area (Å²) in [7, 11) is 1.74. The lowest BCUT2D eigenvalue weighted by Crippen LogP contribution is -2.49. The molecular formula is C11H21N3O. The fourth-order valence-corrected chi connectivity index (χ4v) is 1.89. The van der Waals surface area contributed by atoms with Gasteiger partial charge in [0, 0.05) is 46.4 Å². The average molecular weight is 211 g/mol. The summed E-state index contributed by atoms with van der Waals surface area (Å²) < 4.78 is 5.03. The molecule has 1 rings (SSSR count). The highest BCUT2D eigenvalue weighted by Gasteiger charge is 2.19. The standard InChI is InChI=1S/C11H21N3O/c1-11(10-12)14-7-5-13(6-8-14)4-3-9-15-2/h11H,3-9H2,1-2H3. The first kappa shape index (κ1) is 12.4. The molecule has 1 saturated heterocycles. The predicted molar refractivity (Wildman–Crippen MR) is 59.6 cm³/mol. The molecule has 15 heavy (non-hydrogen) atoms. The van der Waals surface area contributed by atoms with E-state index in [2.05, 4.69) is 15.9 Å². The first-order chi connectivity index (χ1) is 7.27. The minimum atomic E-state index is 0.0612. The second-order valence-electron chi connectivity index (χ2n) is 4.03. The summed E-state index contributed by atoms with van der Waals surface area (Å²) in [5, 5.41) is 8.80. The molecule has 1 fully saturated rings. The van der Waals surface area contributed by atoms with Gasteiger partial charge in [-0.25, -0.2) is 0 Å². The van der Waals surface area contributed by atoms with E-state index < -0.39 is 0 Å². The zero-order valence-corrected chi connectivity index (χ0v) is 9.78. The highest BCUT2D eigenvalue weighted by Crippen LogP contribution is 2.05. The minimum absolute atomic E-state index is 0.0612. The Hall–Kier alpha value is -0.630. The van der Waals surface area contributed by atoms with E-state index in [0.29, 0.717) is 0 Å². The summed E-state index contributed by atoms with van der Waals surface area (Å²) in [5.74, 6) is 0. The molecule has 1 unspecified atom stereocenters. The third kappa shape index (κ3) is 4.17. The van der Waals surface area contributed by atoms with Crippen LogP contribution in [0.25, 0.3) is 0 Å². The number of nitriles is 1. The maximum atomic E-state index is 8.80. The minimum Gasteiger partial charge on any atom is -0.385 e. The van der Waals surface area contributed by atoms with E-state index in [1.807, 2.05) is 6.92 Å². The fraction of sp³-hybridized carbons (Fsp3) is 0.909. The Bertz CT molecular complexity index is 206. The Morgan fingerprint density at radius 2 is 2.00 bits per heavy atom. The van der Waals surface area contributed by atoms with Gasteiger partial charge >= 0.3 is 0 Å². The molecule has 0 aromatic heterocycles. The molecule has 0 bridgehead atoms. The third-order valence-electron chi connectivity index (χ3n) is 2.96. The predicted octanol–water partition coefficient (Wildman–Crippen LogP) is 0.553. The van der Waals surface area contributed by atoms with E-state index in [4.69, 9.17) is 10.00 Å². The first-order valence-electron chi connectivity index (χ1n) is 5.63. The summed E-state index contributed by atoms with van der Waals surface area (Å²) in [4.78, 5) is 4.69. The molecule has 0 spiro atoms.